The zero-order valence-corrected chi connectivity index (χ0v) is 14.7. The maximum absolute atomic E-state index is 13.7. The predicted molar refractivity (Wildman–Crippen MR) is 91.9 cm³/mol. The second-order valence-corrected chi connectivity index (χ2v) is 8.50. The number of hydrogen-bond donors (Lipinski definition) is 2. The average Bonchev–Trinajstić information content (AvgIpc) is 3.16. The molecule has 4 aliphatic rings. The molecule has 2 atom stereocenters. The van der Waals surface area contributed by atoms with E-state index in [1.165, 1.54) is 32.1 Å². The van der Waals surface area contributed by atoms with Crippen LogP contribution in [0.15, 0.2) is 0 Å². The summed E-state index contributed by atoms with van der Waals surface area (Å²) in [6.07, 6.45) is 13.9. The molecule has 24 heavy (non-hydrogen) atoms. The van der Waals surface area contributed by atoms with Crippen LogP contribution in [0.4, 0.5) is 0 Å². The van der Waals surface area contributed by atoms with Crippen LogP contribution in [-0.2, 0) is 9.59 Å². The Balaban J connectivity index is 1.74. The van der Waals surface area contributed by atoms with Gasteiger partial charge in [0.2, 0.25) is 11.8 Å². The number of nitrogens with two attached hydrogens (primary N) is 1. The quantitative estimate of drug-likeness (QED) is 0.815. The van der Waals surface area contributed by atoms with Gasteiger partial charge in [0.1, 0.15) is 5.54 Å². The SMILES string of the molecule is NC(=O)C1CCCCC12NC1(CCCCC1)N(C1CCCC1)C2=O. The summed E-state index contributed by atoms with van der Waals surface area (Å²) in [5.41, 5.74) is 4.82. The molecule has 2 spiro atoms. The van der Waals surface area contributed by atoms with Crippen molar-refractivity contribution < 1.29 is 9.59 Å². The van der Waals surface area contributed by atoms with Crippen molar-refractivity contribution in [1.29, 1.82) is 0 Å². The monoisotopic (exact) mass is 333 g/mol. The van der Waals surface area contributed by atoms with Crippen molar-refractivity contribution in [2.75, 3.05) is 0 Å². The highest BCUT2D eigenvalue weighted by atomic mass is 16.2. The molecule has 0 radical (unpaired) electrons. The molecule has 1 heterocycles. The van der Waals surface area contributed by atoms with Crippen LogP contribution in [-0.4, -0.2) is 34.0 Å². The third-order valence-electron chi connectivity index (χ3n) is 7.14. The Hall–Kier alpha value is -1.10. The van der Waals surface area contributed by atoms with E-state index < -0.39 is 5.54 Å². The van der Waals surface area contributed by atoms with Crippen LogP contribution in [0.2, 0.25) is 0 Å². The highest BCUT2D eigenvalue weighted by Crippen LogP contribution is 2.49. The molecule has 2 amide bonds. The highest BCUT2D eigenvalue weighted by molar-refractivity contribution is 5.96. The van der Waals surface area contributed by atoms with Crippen molar-refractivity contribution in [1.82, 2.24) is 10.2 Å². The topological polar surface area (TPSA) is 75.4 Å². The Morgan fingerprint density at radius 2 is 1.58 bits per heavy atom. The molecule has 2 unspecified atom stereocenters. The van der Waals surface area contributed by atoms with E-state index in [9.17, 15) is 9.59 Å². The van der Waals surface area contributed by atoms with Crippen LogP contribution >= 0.6 is 0 Å². The summed E-state index contributed by atoms with van der Waals surface area (Å²) in [5, 5.41) is 3.81. The Morgan fingerprint density at radius 1 is 0.958 bits per heavy atom. The maximum atomic E-state index is 13.7. The van der Waals surface area contributed by atoms with Crippen molar-refractivity contribution in [2.24, 2.45) is 11.7 Å². The summed E-state index contributed by atoms with van der Waals surface area (Å²) < 4.78 is 0. The number of hydrogen-bond acceptors (Lipinski definition) is 3. The number of amides is 2. The number of primary amides is 1. The summed E-state index contributed by atoms with van der Waals surface area (Å²) in [6.45, 7) is 0. The van der Waals surface area contributed by atoms with Gasteiger partial charge in [-0.15, -0.1) is 0 Å². The van der Waals surface area contributed by atoms with E-state index in [1.807, 2.05) is 0 Å². The molecule has 0 aromatic rings. The lowest BCUT2D eigenvalue weighted by Crippen LogP contribution is -2.61. The van der Waals surface area contributed by atoms with Crippen LogP contribution < -0.4 is 11.1 Å². The van der Waals surface area contributed by atoms with Gasteiger partial charge in [-0.3, -0.25) is 14.9 Å². The van der Waals surface area contributed by atoms with Gasteiger partial charge in [0, 0.05) is 6.04 Å². The van der Waals surface area contributed by atoms with E-state index in [0.717, 1.165) is 51.4 Å². The third kappa shape index (κ3) is 2.31. The minimum atomic E-state index is -0.718. The van der Waals surface area contributed by atoms with E-state index in [4.69, 9.17) is 5.73 Å². The standard InChI is InChI=1S/C19H31N3O2/c20-16(23)15-10-4-7-13-19(15)17(24)22(14-8-2-3-9-14)18(21-19)11-5-1-6-12-18/h14-15,21H,1-13H2,(H2,20,23). The normalized spacial score (nSPS) is 36.8. The van der Waals surface area contributed by atoms with E-state index in [-0.39, 0.29) is 23.4 Å². The van der Waals surface area contributed by atoms with Gasteiger partial charge in [0.15, 0.2) is 0 Å². The largest absolute Gasteiger partial charge is 0.369 e. The van der Waals surface area contributed by atoms with Crippen LogP contribution in [0.1, 0.15) is 83.5 Å². The molecule has 3 saturated carbocycles. The van der Waals surface area contributed by atoms with Crippen LogP contribution in [0.25, 0.3) is 0 Å². The maximum Gasteiger partial charge on any atom is 0.245 e. The lowest BCUT2D eigenvalue weighted by atomic mass is 9.71. The summed E-state index contributed by atoms with van der Waals surface area (Å²) in [5.74, 6) is -0.446. The minimum Gasteiger partial charge on any atom is -0.369 e. The molecule has 5 heteroatoms. The van der Waals surface area contributed by atoms with Crippen molar-refractivity contribution >= 4 is 11.8 Å². The lowest BCUT2D eigenvalue weighted by molar-refractivity contribution is -0.143. The molecule has 3 N–H and O–H groups in total. The molecule has 0 aromatic carbocycles. The van der Waals surface area contributed by atoms with Gasteiger partial charge in [-0.05, 0) is 51.4 Å². The van der Waals surface area contributed by atoms with Gasteiger partial charge in [0.05, 0.1) is 11.6 Å². The van der Waals surface area contributed by atoms with Crippen molar-refractivity contribution in [3.8, 4) is 0 Å². The van der Waals surface area contributed by atoms with E-state index in [1.54, 1.807) is 0 Å². The van der Waals surface area contributed by atoms with Crippen LogP contribution in [0.5, 0.6) is 0 Å². The molecule has 0 aromatic heterocycles. The smallest absolute Gasteiger partial charge is 0.245 e. The van der Waals surface area contributed by atoms with Gasteiger partial charge in [-0.25, -0.2) is 0 Å². The molecular formula is C19H31N3O2. The summed E-state index contributed by atoms with van der Waals surface area (Å²) in [7, 11) is 0. The first-order valence-corrected chi connectivity index (χ1v) is 10.0. The molecule has 1 saturated heterocycles. The van der Waals surface area contributed by atoms with E-state index >= 15 is 0 Å². The van der Waals surface area contributed by atoms with E-state index in [0.29, 0.717) is 6.04 Å². The first-order chi connectivity index (χ1) is 11.6. The number of rotatable bonds is 2. The lowest BCUT2D eigenvalue weighted by Gasteiger charge is -2.44. The summed E-state index contributed by atoms with van der Waals surface area (Å²) in [4.78, 5) is 28.1. The first kappa shape index (κ1) is 16.4. The fourth-order valence-electron chi connectivity index (χ4n) is 6.08. The molecule has 0 bridgehead atoms. The van der Waals surface area contributed by atoms with Crippen molar-refractivity contribution in [3.05, 3.63) is 0 Å². The second-order valence-electron chi connectivity index (χ2n) is 8.50. The van der Waals surface area contributed by atoms with Crippen LogP contribution in [0.3, 0.4) is 0 Å². The predicted octanol–water partition coefficient (Wildman–Crippen LogP) is 2.44. The van der Waals surface area contributed by atoms with Gasteiger partial charge in [-0.2, -0.15) is 0 Å². The molecule has 134 valence electrons. The molecule has 1 aliphatic heterocycles. The fourth-order valence-corrected chi connectivity index (χ4v) is 6.08. The van der Waals surface area contributed by atoms with Gasteiger partial charge >= 0.3 is 0 Å². The van der Waals surface area contributed by atoms with Crippen molar-refractivity contribution in [3.63, 3.8) is 0 Å². The van der Waals surface area contributed by atoms with E-state index in [2.05, 4.69) is 10.2 Å². The average molecular weight is 333 g/mol. The molecule has 4 rings (SSSR count). The number of nitrogens with one attached hydrogen (secondary N) is 1. The fraction of sp³-hybridized carbons (Fsp3) is 0.895. The number of carbonyl (C=O) groups excluding carboxylic acids is 2. The second kappa shape index (κ2) is 6.01. The molecule has 5 nitrogen and oxygen atoms in total. The Kier molecular flexibility index (Phi) is 4.10. The van der Waals surface area contributed by atoms with Gasteiger partial charge in [-0.1, -0.05) is 32.1 Å². The third-order valence-corrected chi connectivity index (χ3v) is 7.14. The highest BCUT2D eigenvalue weighted by Gasteiger charge is 2.64. The molecular weight excluding hydrogens is 302 g/mol. The number of nitrogens with zero attached hydrogens (tertiary/aromatic N) is 1. The summed E-state index contributed by atoms with van der Waals surface area (Å²) in [6, 6.07) is 0.359. The Labute approximate surface area is 144 Å². The van der Waals surface area contributed by atoms with Crippen LogP contribution in [0, 0.1) is 5.92 Å². The van der Waals surface area contributed by atoms with Crippen molar-refractivity contribution in [2.45, 2.75) is 101 Å². The molecule has 3 aliphatic carbocycles. The Morgan fingerprint density at radius 3 is 2.25 bits per heavy atom. The number of carbonyl (C=O) groups is 2. The Bertz CT molecular complexity index is 523. The van der Waals surface area contributed by atoms with Gasteiger partial charge < -0.3 is 10.6 Å². The van der Waals surface area contributed by atoms with Gasteiger partial charge in [0.25, 0.3) is 0 Å². The zero-order valence-electron chi connectivity index (χ0n) is 14.7. The first-order valence-electron chi connectivity index (χ1n) is 10.0. The minimum absolute atomic E-state index is 0.194. The molecule has 4 fully saturated rings. The summed E-state index contributed by atoms with van der Waals surface area (Å²) >= 11 is 0. The zero-order chi connectivity index (χ0) is 16.8.